The highest BCUT2D eigenvalue weighted by Gasteiger charge is 2.19. The van der Waals surface area contributed by atoms with Crippen molar-refractivity contribution < 1.29 is 0 Å². The number of aromatic nitrogens is 2. The molecule has 4 heteroatoms. The molecule has 0 aliphatic rings. The zero-order valence-electron chi connectivity index (χ0n) is 12.4. The Bertz CT molecular complexity index is 383. The molecule has 0 radical (unpaired) electrons. The lowest BCUT2D eigenvalue weighted by Crippen LogP contribution is -2.32. The van der Waals surface area contributed by atoms with Gasteiger partial charge in [-0.25, -0.2) is 0 Å². The second kappa shape index (κ2) is 6.71. The molecule has 0 aromatic carbocycles. The maximum absolute atomic E-state index is 4.47. The van der Waals surface area contributed by atoms with Crippen LogP contribution in [0.4, 0.5) is 0 Å². The van der Waals surface area contributed by atoms with Gasteiger partial charge in [-0.15, -0.1) is 0 Å². The Morgan fingerprint density at radius 2 is 1.89 bits per heavy atom. The summed E-state index contributed by atoms with van der Waals surface area (Å²) in [5.41, 5.74) is 2.38. The Kier molecular flexibility index (Phi) is 5.86. The highest BCUT2D eigenvalue weighted by Crippen LogP contribution is 2.25. The lowest BCUT2D eigenvalue weighted by atomic mass is 9.90. The SMILES string of the molecule is Cc1nn(C)c(CC(CNC(C)C)C(C)C)c1Br. The van der Waals surface area contributed by atoms with E-state index in [1.807, 2.05) is 18.7 Å². The summed E-state index contributed by atoms with van der Waals surface area (Å²) in [4.78, 5) is 0. The molecule has 3 nitrogen and oxygen atoms in total. The molecule has 1 aromatic rings. The first-order valence-corrected chi connectivity index (χ1v) is 7.53. The monoisotopic (exact) mass is 315 g/mol. The van der Waals surface area contributed by atoms with Crippen LogP contribution in [0.1, 0.15) is 39.1 Å². The molecule has 18 heavy (non-hydrogen) atoms. The van der Waals surface area contributed by atoms with E-state index in [2.05, 4.69) is 54.0 Å². The second-order valence-electron chi connectivity index (χ2n) is 5.74. The van der Waals surface area contributed by atoms with Gasteiger partial charge in [-0.1, -0.05) is 27.7 Å². The maximum Gasteiger partial charge on any atom is 0.0738 e. The van der Waals surface area contributed by atoms with Crippen molar-refractivity contribution in [1.82, 2.24) is 15.1 Å². The molecule has 104 valence electrons. The van der Waals surface area contributed by atoms with E-state index in [9.17, 15) is 0 Å². The molecular weight excluding hydrogens is 290 g/mol. The number of nitrogens with zero attached hydrogens (tertiary/aromatic N) is 2. The van der Waals surface area contributed by atoms with Crippen molar-refractivity contribution in [3.63, 3.8) is 0 Å². The molecule has 0 bridgehead atoms. The van der Waals surface area contributed by atoms with Gasteiger partial charge >= 0.3 is 0 Å². The number of hydrogen-bond acceptors (Lipinski definition) is 2. The van der Waals surface area contributed by atoms with Gasteiger partial charge < -0.3 is 5.32 Å². The molecule has 0 aliphatic carbocycles. The highest BCUT2D eigenvalue weighted by atomic mass is 79.9. The van der Waals surface area contributed by atoms with E-state index in [-0.39, 0.29) is 0 Å². The quantitative estimate of drug-likeness (QED) is 0.873. The van der Waals surface area contributed by atoms with Crippen molar-refractivity contribution in [2.75, 3.05) is 6.54 Å². The van der Waals surface area contributed by atoms with Crippen molar-refractivity contribution in [3.05, 3.63) is 15.9 Å². The molecular formula is C14H26BrN3. The van der Waals surface area contributed by atoms with E-state index >= 15 is 0 Å². The Balaban J connectivity index is 2.77. The summed E-state index contributed by atoms with van der Waals surface area (Å²) in [7, 11) is 2.03. The summed E-state index contributed by atoms with van der Waals surface area (Å²) in [5.74, 6) is 1.30. The first kappa shape index (κ1) is 15.7. The number of hydrogen-bond donors (Lipinski definition) is 1. The molecule has 0 saturated heterocycles. The van der Waals surface area contributed by atoms with Gasteiger partial charge in [0.2, 0.25) is 0 Å². The standard InChI is InChI=1S/C14H26BrN3/c1-9(2)12(8-16-10(3)4)7-13-14(15)11(5)17-18(13)6/h9-10,12,16H,7-8H2,1-6H3. The molecule has 0 saturated carbocycles. The predicted octanol–water partition coefficient (Wildman–Crippen LogP) is 3.30. The summed E-state index contributed by atoms with van der Waals surface area (Å²) in [6, 6.07) is 0.544. The number of rotatable bonds is 6. The molecule has 0 spiro atoms. The van der Waals surface area contributed by atoms with E-state index in [0.29, 0.717) is 17.9 Å². The van der Waals surface area contributed by atoms with Crippen LogP contribution in [0, 0.1) is 18.8 Å². The van der Waals surface area contributed by atoms with Crippen LogP contribution >= 0.6 is 15.9 Å². The fraction of sp³-hybridized carbons (Fsp3) is 0.786. The topological polar surface area (TPSA) is 29.9 Å². The van der Waals surface area contributed by atoms with Crippen molar-refractivity contribution in [2.45, 2.75) is 47.1 Å². The van der Waals surface area contributed by atoms with Crippen molar-refractivity contribution in [3.8, 4) is 0 Å². The molecule has 0 aliphatic heterocycles. The predicted molar refractivity (Wildman–Crippen MR) is 80.8 cm³/mol. The van der Waals surface area contributed by atoms with Crippen LogP contribution in [0.5, 0.6) is 0 Å². The fourth-order valence-electron chi connectivity index (χ4n) is 2.08. The Labute approximate surface area is 119 Å². The fourth-order valence-corrected chi connectivity index (χ4v) is 2.58. The van der Waals surface area contributed by atoms with Gasteiger partial charge in [0.05, 0.1) is 15.9 Å². The first-order chi connectivity index (χ1) is 8.32. The zero-order chi connectivity index (χ0) is 13.9. The van der Waals surface area contributed by atoms with Crippen LogP contribution in [0.15, 0.2) is 4.47 Å². The van der Waals surface area contributed by atoms with Crippen LogP contribution in [0.3, 0.4) is 0 Å². The minimum atomic E-state index is 0.544. The van der Waals surface area contributed by atoms with Crippen LogP contribution in [0.25, 0.3) is 0 Å². The van der Waals surface area contributed by atoms with E-state index in [4.69, 9.17) is 0 Å². The third-order valence-electron chi connectivity index (χ3n) is 3.45. The Hall–Kier alpha value is -0.350. The molecule has 0 fully saturated rings. The van der Waals surface area contributed by atoms with Gasteiger partial charge in [0.15, 0.2) is 0 Å². The molecule has 1 rings (SSSR count). The maximum atomic E-state index is 4.47. The molecule has 1 N–H and O–H groups in total. The summed E-state index contributed by atoms with van der Waals surface area (Å²) >= 11 is 3.65. The third kappa shape index (κ3) is 4.09. The summed E-state index contributed by atoms with van der Waals surface area (Å²) in [6.07, 6.45) is 1.06. The molecule has 1 heterocycles. The van der Waals surface area contributed by atoms with E-state index in [1.165, 1.54) is 10.2 Å². The van der Waals surface area contributed by atoms with E-state index in [1.54, 1.807) is 0 Å². The smallest absolute Gasteiger partial charge is 0.0738 e. The van der Waals surface area contributed by atoms with E-state index < -0.39 is 0 Å². The number of aryl methyl sites for hydroxylation is 2. The minimum absolute atomic E-state index is 0.544. The average molecular weight is 316 g/mol. The van der Waals surface area contributed by atoms with Gasteiger partial charge in [0.1, 0.15) is 0 Å². The zero-order valence-corrected chi connectivity index (χ0v) is 14.0. The molecule has 1 atom stereocenters. The first-order valence-electron chi connectivity index (χ1n) is 6.74. The summed E-state index contributed by atoms with van der Waals surface area (Å²) in [6.45, 7) is 12.1. The van der Waals surface area contributed by atoms with Crippen LogP contribution in [-0.4, -0.2) is 22.4 Å². The van der Waals surface area contributed by atoms with Gasteiger partial charge in [-0.2, -0.15) is 5.10 Å². The molecule has 0 amide bonds. The Morgan fingerprint density at radius 1 is 1.28 bits per heavy atom. The summed E-state index contributed by atoms with van der Waals surface area (Å²) in [5, 5.41) is 8.02. The average Bonchev–Trinajstić information content (AvgIpc) is 2.49. The molecule has 1 aromatic heterocycles. The van der Waals surface area contributed by atoms with Crippen molar-refractivity contribution in [1.29, 1.82) is 0 Å². The van der Waals surface area contributed by atoms with Gasteiger partial charge in [0.25, 0.3) is 0 Å². The van der Waals surface area contributed by atoms with Crippen molar-refractivity contribution in [2.24, 2.45) is 18.9 Å². The second-order valence-corrected chi connectivity index (χ2v) is 6.53. The van der Waals surface area contributed by atoms with Gasteiger partial charge in [0, 0.05) is 13.1 Å². The Morgan fingerprint density at radius 3 is 2.28 bits per heavy atom. The van der Waals surface area contributed by atoms with Crippen LogP contribution in [-0.2, 0) is 13.5 Å². The van der Waals surface area contributed by atoms with Gasteiger partial charge in [-0.3, -0.25) is 4.68 Å². The number of nitrogens with one attached hydrogen (secondary N) is 1. The van der Waals surface area contributed by atoms with E-state index in [0.717, 1.165) is 18.7 Å². The van der Waals surface area contributed by atoms with Crippen molar-refractivity contribution >= 4 is 15.9 Å². The number of halogens is 1. The van der Waals surface area contributed by atoms with Crippen LogP contribution < -0.4 is 5.32 Å². The lowest BCUT2D eigenvalue weighted by Gasteiger charge is -2.23. The van der Waals surface area contributed by atoms with Crippen LogP contribution in [0.2, 0.25) is 0 Å². The summed E-state index contributed by atoms with van der Waals surface area (Å²) < 4.78 is 3.17. The largest absolute Gasteiger partial charge is 0.314 e. The molecule has 1 unspecified atom stereocenters. The normalized spacial score (nSPS) is 13.6. The minimum Gasteiger partial charge on any atom is -0.314 e. The highest BCUT2D eigenvalue weighted by molar-refractivity contribution is 9.10. The lowest BCUT2D eigenvalue weighted by molar-refractivity contribution is 0.342. The third-order valence-corrected chi connectivity index (χ3v) is 4.48. The van der Waals surface area contributed by atoms with Gasteiger partial charge in [-0.05, 0) is 47.7 Å².